The minimum atomic E-state index is -0.287. The molecule has 0 fully saturated rings. The van der Waals surface area contributed by atoms with Gasteiger partial charge in [-0.2, -0.15) is 10.1 Å². The van der Waals surface area contributed by atoms with Crippen molar-refractivity contribution in [2.24, 2.45) is 0 Å². The number of methoxy groups -OCH3 is 2. The Labute approximate surface area is 150 Å². The van der Waals surface area contributed by atoms with Gasteiger partial charge in [0.15, 0.2) is 0 Å². The zero-order chi connectivity index (χ0) is 18.4. The zero-order valence-corrected chi connectivity index (χ0v) is 14.6. The van der Waals surface area contributed by atoms with Crippen LogP contribution in [0.5, 0.6) is 11.5 Å². The van der Waals surface area contributed by atoms with Gasteiger partial charge in [0.25, 0.3) is 5.78 Å². The second-order valence-electron chi connectivity index (χ2n) is 5.55. The minimum Gasteiger partial charge on any atom is -0.497 e. The van der Waals surface area contributed by atoms with Crippen LogP contribution in [0.3, 0.4) is 0 Å². The molecule has 2 amide bonds. The summed E-state index contributed by atoms with van der Waals surface area (Å²) in [6.45, 7) is 0.530. The number of aryl methyl sites for hydroxylation is 1. The number of carbonyl (C=O) groups excluding carboxylic acids is 1. The number of amides is 2. The molecule has 136 valence electrons. The van der Waals surface area contributed by atoms with E-state index in [0.717, 1.165) is 18.4 Å². The molecule has 9 heteroatoms. The van der Waals surface area contributed by atoms with Crippen molar-refractivity contribution in [2.45, 2.75) is 12.8 Å². The van der Waals surface area contributed by atoms with Crippen molar-refractivity contribution in [1.82, 2.24) is 24.9 Å². The highest BCUT2D eigenvalue weighted by atomic mass is 16.5. The molecule has 1 aromatic carbocycles. The molecule has 2 N–H and O–H groups in total. The van der Waals surface area contributed by atoms with Crippen molar-refractivity contribution in [3.63, 3.8) is 0 Å². The highest BCUT2D eigenvalue weighted by molar-refractivity contribution is 5.89. The summed E-state index contributed by atoms with van der Waals surface area (Å²) in [7, 11) is 3.12. The number of anilines is 1. The van der Waals surface area contributed by atoms with Gasteiger partial charge in [0, 0.05) is 42.8 Å². The SMILES string of the molecule is COc1cc(NC(=O)NCCCc2cnc3ncnn3c2)cc(OC)c1. The van der Waals surface area contributed by atoms with Gasteiger partial charge in [-0.1, -0.05) is 0 Å². The Bertz CT molecular complexity index is 873. The van der Waals surface area contributed by atoms with Crippen molar-refractivity contribution in [3.05, 3.63) is 42.5 Å². The summed E-state index contributed by atoms with van der Waals surface area (Å²) in [5, 5.41) is 9.64. The molecule has 0 aliphatic carbocycles. The van der Waals surface area contributed by atoms with Crippen LogP contribution < -0.4 is 20.1 Å². The molecule has 0 bridgehead atoms. The van der Waals surface area contributed by atoms with Crippen molar-refractivity contribution >= 4 is 17.5 Å². The van der Waals surface area contributed by atoms with Crippen LogP contribution in [0.4, 0.5) is 10.5 Å². The summed E-state index contributed by atoms with van der Waals surface area (Å²) >= 11 is 0. The number of aromatic nitrogens is 4. The Kier molecular flexibility index (Phi) is 5.47. The second-order valence-corrected chi connectivity index (χ2v) is 5.55. The summed E-state index contributed by atoms with van der Waals surface area (Å²) in [6, 6.07) is 4.90. The van der Waals surface area contributed by atoms with Crippen LogP contribution in [-0.2, 0) is 6.42 Å². The first-order valence-corrected chi connectivity index (χ1v) is 8.10. The Morgan fingerprint density at radius 1 is 1.15 bits per heavy atom. The van der Waals surface area contributed by atoms with E-state index in [2.05, 4.69) is 25.7 Å². The maximum absolute atomic E-state index is 12.0. The van der Waals surface area contributed by atoms with E-state index in [-0.39, 0.29) is 6.03 Å². The first-order valence-electron chi connectivity index (χ1n) is 8.10. The number of nitrogens with zero attached hydrogens (tertiary/aromatic N) is 4. The minimum absolute atomic E-state index is 0.287. The number of carbonyl (C=O) groups is 1. The molecule has 0 atom stereocenters. The topological polar surface area (TPSA) is 103 Å². The molecule has 0 saturated heterocycles. The van der Waals surface area contributed by atoms with Crippen LogP contribution in [0.1, 0.15) is 12.0 Å². The number of hydrogen-bond acceptors (Lipinski definition) is 6. The zero-order valence-electron chi connectivity index (χ0n) is 14.6. The van der Waals surface area contributed by atoms with Crippen molar-refractivity contribution in [1.29, 1.82) is 0 Å². The molecule has 0 radical (unpaired) electrons. The van der Waals surface area contributed by atoms with E-state index < -0.39 is 0 Å². The average molecular weight is 356 g/mol. The van der Waals surface area contributed by atoms with E-state index in [9.17, 15) is 4.79 Å². The van der Waals surface area contributed by atoms with E-state index >= 15 is 0 Å². The quantitative estimate of drug-likeness (QED) is 0.627. The van der Waals surface area contributed by atoms with Gasteiger partial charge >= 0.3 is 6.03 Å². The van der Waals surface area contributed by atoms with Gasteiger partial charge in [-0.3, -0.25) is 0 Å². The van der Waals surface area contributed by atoms with Gasteiger partial charge in [0.05, 0.1) is 14.2 Å². The summed E-state index contributed by atoms with van der Waals surface area (Å²) < 4.78 is 12.0. The third-order valence-corrected chi connectivity index (χ3v) is 3.73. The molecule has 0 saturated carbocycles. The molecule has 9 nitrogen and oxygen atoms in total. The van der Waals surface area contributed by atoms with E-state index in [4.69, 9.17) is 9.47 Å². The number of benzene rings is 1. The molecular weight excluding hydrogens is 336 g/mol. The third-order valence-electron chi connectivity index (χ3n) is 3.73. The van der Waals surface area contributed by atoms with Gasteiger partial charge in [0.2, 0.25) is 0 Å². The van der Waals surface area contributed by atoms with Crippen molar-refractivity contribution < 1.29 is 14.3 Å². The molecule has 0 aliphatic heterocycles. The Hall–Kier alpha value is -3.36. The molecular formula is C17H20N6O3. The van der Waals surface area contributed by atoms with Crippen LogP contribution in [0.2, 0.25) is 0 Å². The van der Waals surface area contributed by atoms with Gasteiger partial charge in [-0.05, 0) is 18.4 Å². The van der Waals surface area contributed by atoms with Crippen LogP contribution in [-0.4, -0.2) is 46.4 Å². The highest BCUT2D eigenvalue weighted by Gasteiger charge is 2.06. The molecule has 3 rings (SSSR count). The van der Waals surface area contributed by atoms with Crippen LogP contribution in [0, 0.1) is 0 Å². The lowest BCUT2D eigenvalue weighted by Crippen LogP contribution is -2.29. The number of hydrogen-bond donors (Lipinski definition) is 2. The number of urea groups is 1. The molecule has 0 unspecified atom stereocenters. The van der Waals surface area contributed by atoms with Gasteiger partial charge < -0.3 is 20.1 Å². The monoisotopic (exact) mass is 356 g/mol. The fourth-order valence-corrected chi connectivity index (χ4v) is 2.44. The number of ether oxygens (including phenoxy) is 2. The predicted octanol–water partition coefficient (Wildman–Crippen LogP) is 1.90. The van der Waals surface area contributed by atoms with Gasteiger partial charge in [-0.15, -0.1) is 0 Å². The van der Waals surface area contributed by atoms with Crippen molar-refractivity contribution in [3.8, 4) is 11.5 Å². The Morgan fingerprint density at radius 3 is 2.65 bits per heavy atom. The highest BCUT2D eigenvalue weighted by Crippen LogP contribution is 2.25. The molecule has 3 aromatic rings. The van der Waals surface area contributed by atoms with E-state index in [1.165, 1.54) is 6.33 Å². The maximum atomic E-state index is 12.0. The fraction of sp³-hybridized carbons (Fsp3) is 0.294. The molecule has 0 spiro atoms. The maximum Gasteiger partial charge on any atom is 0.319 e. The number of nitrogens with one attached hydrogen (secondary N) is 2. The summed E-state index contributed by atoms with van der Waals surface area (Å²) in [6.07, 6.45) is 6.67. The lowest BCUT2D eigenvalue weighted by atomic mass is 10.2. The smallest absolute Gasteiger partial charge is 0.319 e. The Morgan fingerprint density at radius 2 is 1.92 bits per heavy atom. The summed E-state index contributed by atoms with van der Waals surface area (Å²) in [5.41, 5.74) is 1.63. The lowest BCUT2D eigenvalue weighted by Gasteiger charge is -2.11. The number of fused-ring (bicyclic) bond motifs is 1. The fourth-order valence-electron chi connectivity index (χ4n) is 2.44. The predicted molar refractivity (Wildman–Crippen MR) is 95.7 cm³/mol. The van der Waals surface area contributed by atoms with Gasteiger partial charge in [0.1, 0.15) is 17.8 Å². The van der Waals surface area contributed by atoms with Crippen molar-refractivity contribution in [2.75, 3.05) is 26.1 Å². The average Bonchev–Trinajstić information content (AvgIpc) is 3.12. The molecule has 2 aromatic heterocycles. The van der Waals surface area contributed by atoms with E-state index in [0.29, 0.717) is 29.5 Å². The molecule has 26 heavy (non-hydrogen) atoms. The van der Waals surface area contributed by atoms with Crippen LogP contribution in [0.15, 0.2) is 36.9 Å². The molecule has 2 heterocycles. The lowest BCUT2D eigenvalue weighted by molar-refractivity contribution is 0.252. The Balaban J connectivity index is 1.46. The molecule has 0 aliphatic rings. The normalized spacial score (nSPS) is 10.5. The standard InChI is InChI=1S/C17H20N6O3/c1-25-14-6-13(7-15(8-14)26-2)22-17(24)18-5-3-4-12-9-19-16-20-11-21-23(16)10-12/h6-11H,3-5H2,1-2H3,(H2,18,22,24). The second kappa shape index (κ2) is 8.15. The van der Waals surface area contributed by atoms with E-state index in [1.807, 2.05) is 6.20 Å². The van der Waals surface area contributed by atoms with Gasteiger partial charge in [-0.25, -0.2) is 14.3 Å². The summed E-state index contributed by atoms with van der Waals surface area (Å²) in [5.74, 6) is 1.78. The first-order chi connectivity index (χ1) is 12.7. The third kappa shape index (κ3) is 4.38. The van der Waals surface area contributed by atoms with E-state index in [1.54, 1.807) is 43.1 Å². The van der Waals surface area contributed by atoms with Crippen LogP contribution >= 0.6 is 0 Å². The largest absolute Gasteiger partial charge is 0.497 e. The number of rotatable bonds is 7. The van der Waals surface area contributed by atoms with Crippen LogP contribution in [0.25, 0.3) is 5.78 Å². The first kappa shape index (κ1) is 17.5. The summed E-state index contributed by atoms with van der Waals surface area (Å²) in [4.78, 5) is 20.2.